The van der Waals surface area contributed by atoms with Crippen molar-refractivity contribution < 1.29 is 9.53 Å². The molecular formula is C16H28O2. The zero-order valence-corrected chi connectivity index (χ0v) is 12.2. The van der Waals surface area contributed by atoms with Gasteiger partial charge in [-0.25, -0.2) is 4.79 Å². The maximum absolute atomic E-state index is 11.7. The molecule has 0 aromatic rings. The van der Waals surface area contributed by atoms with Crippen molar-refractivity contribution in [2.45, 2.75) is 65.7 Å². The van der Waals surface area contributed by atoms with E-state index in [1.165, 1.54) is 38.5 Å². The summed E-state index contributed by atoms with van der Waals surface area (Å²) in [5.41, 5.74) is 0.871. The molecule has 0 aromatic heterocycles. The lowest BCUT2D eigenvalue weighted by molar-refractivity contribution is -0.138. The van der Waals surface area contributed by atoms with Crippen LogP contribution in [0.25, 0.3) is 0 Å². The molecule has 1 rings (SSSR count). The van der Waals surface area contributed by atoms with Crippen LogP contribution in [0, 0.1) is 11.8 Å². The third kappa shape index (κ3) is 4.83. The van der Waals surface area contributed by atoms with Gasteiger partial charge in [0.05, 0.1) is 6.61 Å². The summed E-state index contributed by atoms with van der Waals surface area (Å²) in [5.74, 6) is 1.40. The molecule has 104 valence electrons. The fourth-order valence-corrected chi connectivity index (χ4v) is 2.89. The summed E-state index contributed by atoms with van der Waals surface area (Å²) >= 11 is 0. The minimum absolute atomic E-state index is 0.115. The van der Waals surface area contributed by atoms with Crippen molar-refractivity contribution in [3.63, 3.8) is 0 Å². The molecule has 0 N–H and O–H groups in total. The monoisotopic (exact) mass is 252 g/mol. The molecule has 2 nitrogen and oxygen atoms in total. The van der Waals surface area contributed by atoms with Gasteiger partial charge in [-0.2, -0.15) is 0 Å². The number of hydrogen-bond acceptors (Lipinski definition) is 2. The number of rotatable bonds is 6. The van der Waals surface area contributed by atoms with E-state index in [9.17, 15) is 4.79 Å². The maximum Gasteiger partial charge on any atom is 0.333 e. The Balaban J connectivity index is 2.47. The quantitative estimate of drug-likeness (QED) is 0.514. The lowest BCUT2D eigenvalue weighted by Crippen LogP contribution is -2.15. The van der Waals surface area contributed by atoms with Gasteiger partial charge in [0.25, 0.3) is 0 Å². The molecule has 2 heteroatoms. The molecule has 1 aliphatic rings. The summed E-state index contributed by atoms with van der Waals surface area (Å²) in [7, 11) is 0. The molecule has 0 heterocycles. The highest BCUT2D eigenvalue weighted by Gasteiger charge is 2.20. The second kappa shape index (κ2) is 8.34. The molecule has 1 saturated carbocycles. The topological polar surface area (TPSA) is 26.3 Å². The van der Waals surface area contributed by atoms with Crippen molar-refractivity contribution >= 4 is 5.97 Å². The van der Waals surface area contributed by atoms with Gasteiger partial charge in [0.15, 0.2) is 0 Å². The molecule has 0 radical (unpaired) electrons. The first kappa shape index (κ1) is 15.3. The van der Waals surface area contributed by atoms with Crippen LogP contribution in [0.5, 0.6) is 0 Å². The highest BCUT2D eigenvalue weighted by molar-refractivity contribution is 5.88. The standard InChI is InChI=1S/C16H28O2/c1-4-7-13-8-10-14(11-9-13)12-15(5-2)16(17)18-6-3/h12-14H,4-11H2,1-3H3. The van der Waals surface area contributed by atoms with Gasteiger partial charge >= 0.3 is 5.97 Å². The number of carbonyl (C=O) groups excluding carboxylic acids is 1. The third-order valence-corrected chi connectivity index (χ3v) is 3.94. The Labute approximate surface area is 112 Å². The molecule has 1 fully saturated rings. The Morgan fingerprint density at radius 1 is 1.17 bits per heavy atom. The molecule has 0 amide bonds. The van der Waals surface area contributed by atoms with Gasteiger partial charge in [-0.15, -0.1) is 0 Å². The summed E-state index contributed by atoms with van der Waals surface area (Å²) in [6.45, 7) is 6.63. The van der Waals surface area contributed by atoms with Crippen molar-refractivity contribution in [3.05, 3.63) is 11.6 Å². The molecule has 0 spiro atoms. The summed E-state index contributed by atoms with van der Waals surface area (Å²) in [6, 6.07) is 0. The van der Waals surface area contributed by atoms with Crippen LogP contribution >= 0.6 is 0 Å². The first-order valence-corrected chi connectivity index (χ1v) is 7.59. The van der Waals surface area contributed by atoms with Crippen LogP contribution in [-0.2, 0) is 9.53 Å². The van der Waals surface area contributed by atoms with Crippen LogP contribution in [0.2, 0.25) is 0 Å². The Hall–Kier alpha value is -0.790. The first-order chi connectivity index (χ1) is 8.71. The van der Waals surface area contributed by atoms with Crippen molar-refractivity contribution in [1.82, 2.24) is 0 Å². The SMILES string of the molecule is CCCC1CCC(C=C(CC)C(=O)OCC)CC1. The van der Waals surface area contributed by atoms with Crippen molar-refractivity contribution in [2.24, 2.45) is 11.8 Å². The van der Waals surface area contributed by atoms with E-state index in [-0.39, 0.29) is 5.97 Å². The van der Waals surface area contributed by atoms with E-state index in [2.05, 4.69) is 13.0 Å². The average Bonchev–Trinajstić information content (AvgIpc) is 2.38. The lowest BCUT2D eigenvalue weighted by atomic mass is 9.79. The minimum Gasteiger partial charge on any atom is -0.463 e. The van der Waals surface area contributed by atoms with E-state index >= 15 is 0 Å². The molecule has 0 unspecified atom stereocenters. The van der Waals surface area contributed by atoms with Gasteiger partial charge in [0.1, 0.15) is 0 Å². The fourth-order valence-electron chi connectivity index (χ4n) is 2.89. The van der Waals surface area contributed by atoms with Crippen LogP contribution in [0.3, 0.4) is 0 Å². The Kier molecular flexibility index (Phi) is 7.07. The fraction of sp³-hybridized carbons (Fsp3) is 0.812. The lowest BCUT2D eigenvalue weighted by Gasteiger charge is -2.26. The molecule has 0 saturated heterocycles. The predicted octanol–water partition coefficient (Wildman–Crippen LogP) is 4.49. The van der Waals surface area contributed by atoms with Crippen LogP contribution in [0.1, 0.15) is 65.7 Å². The summed E-state index contributed by atoms with van der Waals surface area (Å²) in [4.78, 5) is 11.7. The normalized spacial score (nSPS) is 24.9. The maximum atomic E-state index is 11.7. The van der Waals surface area contributed by atoms with Crippen LogP contribution < -0.4 is 0 Å². The van der Waals surface area contributed by atoms with Crippen LogP contribution in [-0.4, -0.2) is 12.6 Å². The number of carbonyl (C=O) groups is 1. The molecule has 0 aliphatic heterocycles. The van der Waals surface area contributed by atoms with Crippen molar-refractivity contribution in [3.8, 4) is 0 Å². The predicted molar refractivity (Wildman–Crippen MR) is 75.4 cm³/mol. The number of hydrogen-bond donors (Lipinski definition) is 0. The summed E-state index contributed by atoms with van der Waals surface area (Å²) < 4.78 is 5.09. The molecular weight excluding hydrogens is 224 g/mol. The van der Waals surface area contributed by atoms with E-state index in [4.69, 9.17) is 4.74 Å². The summed E-state index contributed by atoms with van der Waals surface area (Å²) in [6.07, 6.45) is 10.8. The number of esters is 1. The highest BCUT2D eigenvalue weighted by atomic mass is 16.5. The molecule has 1 aliphatic carbocycles. The van der Waals surface area contributed by atoms with Crippen molar-refractivity contribution in [1.29, 1.82) is 0 Å². The smallest absolute Gasteiger partial charge is 0.333 e. The second-order valence-corrected chi connectivity index (χ2v) is 5.34. The minimum atomic E-state index is -0.115. The largest absolute Gasteiger partial charge is 0.463 e. The first-order valence-electron chi connectivity index (χ1n) is 7.59. The van der Waals surface area contributed by atoms with Gasteiger partial charge in [0.2, 0.25) is 0 Å². The van der Waals surface area contributed by atoms with Crippen molar-refractivity contribution in [2.75, 3.05) is 6.61 Å². The Morgan fingerprint density at radius 3 is 2.33 bits per heavy atom. The van der Waals surface area contributed by atoms with Gasteiger partial charge < -0.3 is 4.74 Å². The van der Waals surface area contributed by atoms with E-state index in [1.807, 2.05) is 13.8 Å². The highest BCUT2D eigenvalue weighted by Crippen LogP contribution is 2.33. The Morgan fingerprint density at radius 2 is 1.83 bits per heavy atom. The number of ether oxygens (including phenoxy) is 1. The third-order valence-electron chi connectivity index (χ3n) is 3.94. The van der Waals surface area contributed by atoms with E-state index in [0.717, 1.165) is 17.9 Å². The Bertz CT molecular complexity index is 273. The average molecular weight is 252 g/mol. The zero-order valence-electron chi connectivity index (χ0n) is 12.2. The molecule has 18 heavy (non-hydrogen) atoms. The number of allylic oxidation sites excluding steroid dienone is 1. The van der Waals surface area contributed by atoms with Crippen LogP contribution in [0.15, 0.2) is 11.6 Å². The van der Waals surface area contributed by atoms with Gasteiger partial charge in [-0.1, -0.05) is 32.8 Å². The van der Waals surface area contributed by atoms with Gasteiger partial charge in [-0.3, -0.25) is 0 Å². The summed E-state index contributed by atoms with van der Waals surface area (Å²) in [5, 5.41) is 0. The van der Waals surface area contributed by atoms with E-state index in [0.29, 0.717) is 12.5 Å². The van der Waals surface area contributed by atoms with E-state index in [1.54, 1.807) is 0 Å². The zero-order chi connectivity index (χ0) is 13.4. The van der Waals surface area contributed by atoms with E-state index < -0.39 is 0 Å². The van der Waals surface area contributed by atoms with Gasteiger partial charge in [-0.05, 0) is 50.9 Å². The molecule has 0 bridgehead atoms. The van der Waals surface area contributed by atoms with Gasteiger partial charge in [0, 0.05) is 5.57 Å². The molecule has 0 atom stereocenters. The second-order valence-electron chi connectivity index (χ2n) is 5.34. The molecule has 0 aromatic carbocycles. The van der Waals surface area contributed by atoms with Crippen LogP contribution in [0.4, 0.5) is 0 Å².